The Morgan fingerprint density at radius 1 is 1.55 bits per heavy atom. The van der Waals surface area contributed by atoms with E-state index in [0.717, 1.165) is 0 Å². The van der Waals surface area contributed by atoms with E-state index in [2.05, 4.69) is 32.2 Å². The topological polar surface area (TPSA) is 120 Å². The first-order valence-corrected chi connectivity index (χ1v) is 6.73. The van der Waals surface area contributed by atoms with Gasteiger partial charge in [-0.1, -0.05) is 11.7 Å². The second kappa shape index (κ2) is 9.15. The van der Waals surface area contributed by atoms with E-state index >= 15 is 0 Å². The molecule has 0 bridgehead atoms. The maximum Gasteiger partial charge on any atom is 0.252 e. The van der Waals surface area contributed by atoms with Crippen LogP contribution in [0.25, 0.3) is 10.4 Å². The molecule has 0 aliphatic rings. The summed E-state index contributed by atoms with van der Waals surface area (Å²) in [6.45, 7) is 5.80. The van der Waals surface area contributed by atoms with E-state index in [1.54, 1.807) is 12.1 Å². The molecule has 2 amide bonds. The van der Waals surface area contributed by atoms with Gasteiger partial charge in [-0.2, -0.15) is 0 Å². The lowest BCUT2D eigenvalue weighted by molar-refractivity contribution is -0.117. The fraction of sp³-hybridized carbons (Fsp3) is 0.357. The molecule has 1 atom stereocenters. The normalized spacial score (nSPS) is 11.0. The van der Waals surface area contributed by atoms with Gasteiger partial charge in [-0.3, -0.25) is 14.6 Å². The van der Waals surface area contributed by atoms with Crippen molar-refractivity contribution in [2.24, 2.45) is 5.11 Å². The number of carbonyl (C=O) groups excluding carboxylic acids is 2. The predicted octanol–water partition coefficient (Wildman–Crippen LogP) is 1.70. The summed E-state index contributed by atoms with van der Waals surface area (Å²) in [5.41, 5.74) is 9.23. The monoisotopic (exact) mass is 302 g/mol. The Hall–Kier alpha value is -2.86. The Balaban J connectivity index is 2.40. The molecule has 0 saturated heterocycles. The van der Waals surface area contributed by atoms with Gasteiger partial charge in [-0.15, -0.1) is 0 Å². The third-order valence-corrected chi connectivity index (χ3v) is 2.82. The molecule has 0 fully saturated rings. The molecule has 0 aliphatic heterocycles. The number of hydrogen-bond donors (Lipinski definition) is 2. The number of hydrogen-bond acceptors (Lipinski definition) is 4. The molecule has 116 valence electrons. The number of azide groups is 1. The molecule has 1 aromatic rings. The van der Waals surface area contributed by atoms with E-state index in [1.165, 1.54) is 12.3 Å². The van der Waals surface area contributed by atoms with Crippen LogP contribution in [-0.4, -0.2) is 29.4 Å². The zero-order valence-electron chi connectivity index (χ0n) is 12.3. The highest BCUT2D eigenvalue weighted by atomic mass is 16.2. The van der Waals surface area contributed by atoms with Crippen LogP contribution in [0.3, 0.4) is 0 Å². The van der Waals surface area contributed by atoms with Gasteiger partial charge in [0.1, 0.15) is 0 Å². The molecule has 0 aromatic carbocycles. The lowest BCUT2D eigenvalue weighted by Crippen LogP contribution is -2.35. The van der Waals surface area contributed by atoms with Crippen LogP contribution in [0.5, 0.6) is 0 Å². The van der Waals surface area contributed by atoms with Crippen LogP contribution in [-0.2, 0) is 11.3 Å². The molecule has 0 saturated carbocycles. The lowest BCUT2D eigenvalue weighted by Gasteiger charge is -2.12. The van der Waals surface area contributed by atoms with E-state index in [4.69, 9.17) is 5.53 Å². The van der Waals surface area contributed by atoms with Crippen LogP contribution in [0.4, 0.5) is 0 Å². The highest BCUT2D eigenvalue weighted by Gasteiger charge is 2.08. The molecule has 0 aliphatic carbocycles. The highest BCUT2D eigenvalue weighted by molar-refractivity contribution is 5.93. The largest absolute Gasteiger partial charge is 0.352 e. The summed E-state index contributed by atoms with van der Waals surface area (Å²) in [6.07, 6.45) is 3.24. The third kappa shape index (κ3) is 6.06. The second-order valence-electron chi connectivity index (χ2n) is 4.59. The minimum Gasteiger partial charge on any atom is -0.352 e. The van der Waals surface area contributed by atoms with E-state index in [1.807, 2.05) is 6.92 Å². The predicted molar refractivity (Wildman–Crippen MR) is 81.8 cm³/mol. The van der Waals surface area contributed by atoms with Crippen LogP contribution in [0, 0.1) is 0 Å². The van der Waals surface area contributed by atoms with Gasteiger partial charge in [0.25, 0.3) is 5.91 Å². The molecule has 8 nitrogen and oxygen atoms in total. The van der Waals surface area contributed by atoms with Crippen molar-refractivity contribution in [2.45, 2.75) is 25.9 Å². The SMILES string of the molecule is C=CC(=O)NC(C)CCNC(=O)c1ccc(CN=[N+]=[N-])nc1. The molecular formula is C14H18N6O2. The first kappa shape index (κ1) is 17.2. The number of aromatic nitrogens is 1. The Bertz CT molecular complexity index is 578. The average Bonchev–Trinajstić information content (AvgIpc) is 2.53. The van der Waals surface area contributed by atoms with Gasteiger partial charge < -0.3 is 10.6 Å². The molecule has 0 radical (unpaired) electrons. The van der Waals surface area contributed by atoms with Crippen molar-refractivity contribution in [3.63, 3.8) is 0 Å². The second-order valence-corrected chi connectivity index (χ2v) is 4.59. The minimum absolute atomic E-state index is 0.0601. The van der Waals surface area contributed by atoms with Crippen LogP contribution in [0.1, 0.15) is 29.4 Å². The standard InChI is InChI=1S/C14H18N6O2/c1-3-13(21)19-10(2)6-7-16-14(22)11-4-5-12(17-8-11)9-18-20-15/h3-5,8,10H,1,6-7,9H2,2H3,(H,16,22)(H,19,21). The summed E-state index contributed by atoms with van der Waals surface area (Å²) in [7, 11) is 0. The van der Waals surface area contributed by atoms with Crippen LogP contribution in [0.2, 0.25) is 0 Å². The van der Waals surface area contributed by atoms with Crippen molar-refractivity contribution in [3.05, 3.63) is 52.7 Å². The Morgan fingerprint density at radius 3 is 2.91 bits per heavy atom. The molecule has 1 rings (SSSR count). The van der Waals surface area contributed by atoms with Gasteiger partial charge in [0.05, 0.1) is 12.1 Å². The summed E-state index contributed by atoms with van der Waals surface area (Å²) in [5, 5.41) is 8.85. The fourth-order valence-electron chi connectivity index (χ4n) is 1.63. The van der Waals surface area contributed by atoms with Crippen LogP contribution in [0.15, 0.2) is 36.1 Å². The molecule has 0 spiro atoms. The van der Waals surface area contributed by atoms with Crippen LogP contribution >= 0.6 is 0 Å². The van der Waals surface area contributed by atoms with Gasteiger partial charge in [-0.25, -0.2) is 0 Å². The number of amides is 2. The molecule has 2 N–H and O–H groups in total. The van der Waals surface area contributed by atoms with Gasteiger partial charge >= 0.3 is 0 Å². The van der Waals surface area contributed by atoms with E-state index in [0.29, 0.717) is 24.2 Å². The van der Waals surface area contributed by atoms with Crippen molar-refractivity contribution < 1.29 is 9.59 Å². The molecule has 8 heteroatoms. The van der Waals surface area contributed by atoms with Crippen LogP contribution < -0.4 is 10.6 Å². The Morgan fingerprint density at radius 2 is 2.32 bits per heavy atom. The summed E-state index contributed by atoms with van der Waals surface area (Å²) in [5.74, 6) is -0.483. The zero-order valence-corrected chi connectivity index (χ0v) is 12.3. The van der Waals surface area contributed by atoms with Gasteiger partial charge in [0.2, 0.25) is 5.91 Å². The summed E-state index contributed by atoms with van der Waals surface area (Å²) < 4.78 is 0. The average molecular weight is 302 g/mol. The zero-order chi connectivity index (χ0) is 16.4. The Labute approximate surface area is 128 Å². The quantitative estimate of drug-likeness (QED) is 0.329. The number of nitrogens with one attached hydrogen (secondary N) is 2. The maximum absolute atomic E-state index is 11.9. The molecule has 1 unspecified atom stereocenters. The van der Waals surface area contributed by atoms with E-state index in [9.17, 15) is 9.59 Å². The lowest BCUT2D eigenvalue weighted by atomic mass is 10.2. The number of pyridine rings is 1. The maximum atomic E-state index is 11.9. The van der Waals surface area contributed by atoms with Crippen molar-refractivity contribution in [3.8, 4) is 0 Å². The van der Waals surface area contributed by atoms with Crippen molar-refractivity contribution in [2.75, 3.05) is 6.54 Å². The van der Waals surface area contributed by atoms with Gasteiger partial charge in [0.15, 0.2) is 0 Å². The van der Waals surface area contributed by atoms with E-state index in [-0.39, 0.29) is 24.4 Å². The summed E-state index contributed by atoms with van der Waals surface area (Å²) >= 11 is 0. The molecule has 1 heterocycles. The smallest absolute Gasteiger partial charge is 0.252 e. The third-order valence-electron chi connectivity index (χ3n) is 2.82. The van der Waals surface area contributed by atoms with Crippen molar-refractivity contribution in [1.29, 1.82) is 0 Å². The fourth-order valence-corrected chi connectivity index (χ4v) is 1.63. The summed E-state index contributed by atoms with van der Waals surface area (Å²) in [6, 6.07) is 3.19. The van der Waals surface area contributed by atoms with E-state index < -0.39 is 0 Å². The number of carbonyl (C=O) groups is 2. The molecule has 22 heavy (non-hydrogen) atoms. The highest BCUT2D eigenvalue weighted by Crippen LogP contribution is 2.02. The van der Waals surface area contributed by atoms with Crippen molar-refractivity contribution >= 4 is 11.8 Å². The Kier molecular flexibility index (Phi) is 7.15. The molecular weight excluding hydrogens is 284 g/mol. The molecule has 1 aromatic heterocycles. The van der Waals surface area contributed by atoms with Crippen molar-refractivity contribution in [1.82, 2.24) is 15.6 Å². The first-order chi connectivity index (χ1) is 10.6. The minimum atomic E-state index is -0.245. The summed E-state index contributed by atoms with van der Waals surface area (Å²) in [4.78, 5) is 29.7. The first-order valence-electron chi connectivity index (χ1n) is 6.73. The number of rotatable bonds is 8. The van der Waals surface area contributed by atoms with Gasteiger partial charge in [0, 0.05) is 29.4 Å². The number of nitrogens with zero attached hydrogens (tertiary/aromatic N) is 4. The van der Waals surface area contributed by atoms with Gasteiger partial charge in [-0.05, 0) is 37.1 Å².